The lowest BCUT2D eigenvalue weighted by Gasteiger charge is -2.48. The third-order valence-electron chi connectivity index (χ3n) is 6.96. The van der Waals surface area contributed by atoms with Crippen LogP contribution in [-0.4, -0.2) is 109 Å². The number of esters is 6. The molecule has 2 aliphatic heterocycles. The molecule has 2 N–H and O–H groups in total. The summed E-state index contributed by atoms with van der Waals surface area (Å²) in [5.74, 6) is -7.51. The van der Waals surface area contributed by atoms with Gasteiger partial charge in [0.2, 0.25) is 6.29 Å². The molecule has 0 saturated carbocycles. The van der Waals surface area contributed by atoms with Crippen LogP contribution in [0.3, 0.4) is 0 Å². The Morgan fingerprint density at radius 3 is 1.77 bits per heavy atom. The first-order valence-electron chi connectivity index (χ1n) is 14.5. The summed E-state index contributed by atoms with van der Waals surface area (Å²) in [5, 5.41) is 21.5. The van der Waals surface area contributed by atoms with Gasteiger partial charge in [0.15, 0.2) is 30.9 Å². The normalized spacial score (nSPS) is 30.3. The average molecular weight is 671 g/mol. The highest BCUT2D eigenvalue weighted by molar-refractivity contribution is 5.69. The highest BCUT2D eigenvalue weighted by Gasteiger charge is 2.56. The number of hydrogen-bond donors (Lipinski definition) is 2. The fraction of sp³-hybridized carbons (Fsp3) is 0.600. The average Bonchev–Trinajstić information content (AvgIpc) is 2.93. The fourth-order valence-corrected chi connectivity index (χ4v) is 5.30. The van der Waals surface area contributed by atoms with E-state index in [0.717, 1.165) is 41.5 Å². The lowest BCUT2D eigenvalue weighted by molar-refractivity contribution is -0.354. The number of aliphatic hydroxyl groups is 1. The van der Waals surface area contributed by atoms with E-state index in [0.29, 0.717) is 0 Å². The topological polar surface area (TPSA) is 226 Å². The molecule has 10 atom stereocenters. The Labute approximate surface area is 269 Å². The zero-order valence-corrected chi connectivity index (χ0v) is 26.5. The standard InChI is InChI=1S/C30H38O17/c1-13(31)39-11-21-24(23(19-8-7-9-20(37)10-19)28(38)47-29(21)44-18(6)36)46-30-27(43-17(5)35)26(42-16(4)34)25(41-15(3)33)22(45-30)12-40-14(2)32/h7-10,21-30,37-38H,11-12H2,1-6H3/t21-,22-,23-,24?,25-,26-,27-,28-,29+,30+/m1/s1. The van der Waals surface area contributed by atoms with Crippen LogP contribution in [0.5, 0.6) is 5.75 Å². The van der Waals surface area contributed by atoms with Gasteiger partial charge in [0.05, 0.1) is 17.9 Å². The number of ether oxygens (including phenoxy) is 9. The Morgan fingerprint density at radius 1 is 0.660 bits per heavy atom. The molecule has 1 aromatic rings. The highest BCUT2D eigenvalue weighted by atomic mass is 16.8. The molecule has 47 heavy (non-hydrogen) atoms. The largest absolute Gasteiger partial charge is 0.508 e. The Balaban J connectivity index is 2.19. The van der Waals surface area contributed by atoms with Crippen molar-refractivity contribution in [1.29, 1.82) is 0 Å². The summed E-state index contributed by atoms with van der Waals surface area (Å²) in [6.07, 6.45) is -12.6. The van der Waals surface area contributed by atoms with Crippen molar-refractivity contribution in [3.8, 4) is 5.75 Å². The van der Waals surface area contributed by atoms with Gasteiger partial charge in [0, 0.05) is 41.5 Å². The van der Waals surface area contributed by atoms with Crippen molar-refractivity contribution >= 4 is 35.8 Å². The minimum Gasteiger partial charge on any atom is -0.508 e. The van der Waals surface area contributed by atoms with Gasteiger partial charge in [-0.3, -0.25) is 28.8 Å². The Morgan fingerprint density at radius 2 is 1.21 bits per heavy atom. The number of aromatic hydroxyl groups is 1. The number of rotatable bonds is 11. The fourth-order valence-electron chi connectivity index (χ4n) is 5.30. The van der Waals surface area contributed by atoms with Crippen LogP contribution >= 0.6 is 0 Å². The number of phenols is 1. The summed E-state index contributed by atoms with van der Waals surface area (Å²) in [5.41, 5.74) is 0.252. The molecule has 0 amide bonds. The van der Waals surface area contributed by atoms with Gasteiger partial charge in [0.25, 0.3) is 0 Å². The smallest absolute Gasteiger partial charge is 0.304 e. The number of carbonyl (C=O) groups is 6. The summed E-state index contributed by atoms with van der Waals surface area (Å²) in [7, 11) is 0. The highest BCUT2D eigenvalue weighted by Crippen LogP contribution is 2.42. The van der Waals surface area contributed by atoms with Gasteiger partial charge in [-0.15, -0.1) is 0 Å². The second kappa shape index (κ2) is 16.5. The maximum atomic E-state index is 12.3. The van der Waals surface area contributed by atoms with Gasteiger partial charge in [0.1, 0.15) is 25.1 Å². The molecule has 17 heteroatoms. The van der Waals surface area contributed by atoms with Gasteiger partial charge in [-0.05, 0) is 17.7 Å². The first-order valence-corrected chi connectivity index (χ1v) is 14.5. The van der Waals surface area contributed by atoms with Crippen molar-refractivity contribution in [1.82, 2.24) is 0 Å². The summed E-state index contributed by atoms with van der Waals surface area (Å²) in [6, 6.07) is 5.67. The zero-order chi connectivity index (χ0) is 35.0. The molecule has 17 nitrogen and oxygen atoms in total. The number of hydrogen-bond acceptors (Lipinski definition) is 17. The van der Waals surface area contributed by atoms with Crippen LogP contribution in [0.1, 0.15) is 53.0 Å². The number of carbonyl (C=O) groups excluding carboxylic acids is 6. The second-order valence-electron chi connectivity index (χ2n) is 10.8. The molecular weight excluding hydrogens is 632 g/mol. The lowest BCUT2D eigenvalue weighted by atomic mass is 9.82. The second-order valence-corrected chi connectivity index (χ2v) is 10.8. The molecule has 2 saturated heterocycles. The van der Waals surface area contributed by atoms with Crippen LogP contribution in [0.2, 0.25) is 0 Å². The number of phenolic OH excluding ortho intramolecular Hbond substituents is 1. The molecule has 260 valence electrons. The first kappa shape index (κ1) is 37.1. The molecule has 1 aromatic carbocycles. The van der Waals surface area contributed by atoms with E-state index < -0.39 is 110 Å². The van der Waals surface area contributed by atoms with Crippen LogP contribution in [0.15, 0.2) is 24.3 Å². The quantitative estimate of drug-likeness (QED) is 0.239. The first-order chi connectivity index (χ1) is 22.1. The van der Waals surface area contributed by atoms with Gasteiger partial charge in [-0.2, -0.15) is 0 Å². The molecule has 0 aliphatic carbocycles. The predicted molar refractivity (Wildman–Crippen MR) is 150 cm³/mol. The van der Waals surface area contributed by atoms with E-state index in [2.05, 4.69) is 0 Å². The van der Waals surface area contributed by atoms with E-state index in [9.17, 15) is 39.0 Å². The van der Waals surface area contributed by atoms with Crippen molar-refractivity contribution in [3.05, 3.63) is 29.8 Å². The van der Waals surface area contributed by atoms with Gasteiger partial charge >= 0.3 is 35.8 Å². The van der Waals surface area contributed by atoms with E-state index in [1.165, 1.54) is 24.3 Å². The predicted octanol–water partition coefficient (Wildman–Crippen LogP) is 0.361. The molecule has 0 aromatic heterocycles. The van der Waals surface area contributed by atoms with E-state index >= 15 is 0 Å². The SMILES string of the molecule is CC(=O)OC[C@@H]1C(O[C@@H]2O[C@H](COC(C)=O)[C@@H](OC(C)=O)[C@@H](OC(C)=O)[C@H]2OC(C)=O)[C@@H](c2cccc(O)c2)[C@H](O)O[C@@H]1OC(C)=O. The maximum absolute atomic E-state index is 12.3. The van der Waals surface area contributed by atoms with Crippen molar-refractivity contribution in [2.45, 2.75) is 96.9 Å². The van der Waals surface area contributed by atoms with Crippen LogP contribution in [0.25, 0.3) is 0 Å². The molecule has 1 unspecified atom stereocenters. The van der Waals surface area contributed by atoms with E-state index in [1.54, 1.807) is 0 Å². The van der Waals surface area contributed by atoms with Crippen molar-refractivity contribution in [3.63, 3.8) is 0 Å². The third kappa shape index (κ3) is 10.3. The minimum atomic E-state index is -1.77. The Bertz CT molecular complexity index is 1310. The van der Waals surface area contributed by atoms with Crippen molar-refractivity contribution in [2.75, 3.05) is 13.2 Å². The molecule has 2 fully saturated rings. The van der Waals surface area contributed by atoms with Crippen molar-refractivity contribution in [2.24, 2.45) is 5.92 Å². The molecule has 2 aliphatic rings. The molecule has 3 rings (SSSR count). The number of benzene rings is 1. The Hall–Kier alpha value is -4.32. The third-order valence-corrected chi connectivity index (χ3v) is 6.96. The van der Waals surface area contributed by atoms with Crippen LogP contribution in [0, 0.1) is 5.92 Å². The molecule has 0 spiro atoms. The van der Waals surface area contributed by atoms with Gasteiger partial charge in [-0.25, -0.2) is 0 Å². The van der Waals surface area contributed by atoms with Crippen LogP contribution < -0.4 is 0 Å². The molecule has 0 radical (unpaired) electrons. The summed E-state index contributed by atoms with van der Waals surface area (Å²) in [4.78, 5) is 72.3. The molecule has 0 bridgehead atoms. The summed E-state index contributed by atoms with van der Waals surface area (Å²) >= 11 is 0. The number of aliphatic hydroxyl groups excluding tert-OH is 1. The zero-order valence-electron chi connectivity index (χ0n) is 26.5. The Kier molecular flexibility index (Phi) is 13.0. The van der Waals surface area contributed by atoms with Gasteiger partial charge in [-0.1, -0.05) is 12.1 Å². The molecule has 2 heterocycles. The van der Waals surface area contributed by atoms with E-state index in [-0.39, 0.29) is 11.3 Å². The molecular formula is C30H38O17. The maximum Gasteiger partial charge on any atom is 0.304 e. The minimum absolute atomic E-state index is 0.195. The van der Waals surface area contributed by atoms with Gasteiger partial charge < -0.3 is 52.8 Å². The summed E-state index contributed by atoms with van der Waals surface area (Å²) < 4.78 is 50.1. The lowest BCUT2D eigenvalue weighted by Crippen LogP contribution is -2.64. The monoisotopic (exact) mass is 670 g/mol. The summed E-state index contributed by atoms with van der Waals surface area (Å²) in [6.45, 7) is 5.43. The van der Waals surface area contributed by atoms with Crippen LogP contribution in [-0.2, 0) is 71.4 Å². The van der Waals surface area contributed by atoms with Crippen molar-refractivity contribution < 1.29 is 81.6 Å². The van der Waals surface area contributed by atoms with E-state index in [1.807, 2.05) is 0 Å². The van der Waals surface area contributed by atoms with E-state index in [4.69, 9.17) is 42.6 Å². The van der Waals surface area contributed by atoms with Crippen LogP contribution in [0.4, 0.5) is 0 Å².